The molecule has 4 nitrogen and oxygen atoms in total. The molecule has 0 fully saturated rings. The summed E-state index contributed by atoms with van der Waals surface area (Å²) in [5.74, 6) is 1.52. The van der Waals surface area contributed by atoms with Gasteiger partial charge < -0.3 is 19.1 Å². The van der Waals surface area contributed by atoms with Crippen LogP contribution in [0.25, 0.3) is 11.1 Å². The van der Waals surface area contributed by atoms with E-state index >= 15 is 0 Å². The molecule has 0 aliphatic rings. The second-order valence-electron chi connectivity index (χ2n) is 8.75. The maximum Gasteiger partial charge on any atom is 0.123 e. The van der Waals surface area contributed by atoms with Crippen LogP contribution in [0.3, 0.4) is 0 Å². The van der Waals surface area contributed by atoms with Crippen molar-refractivity contribution in [2.45, 2.75) is 26.4 Å². The maximum absolute atomic E-state index is 9.95. The highest BCUT2D eigenvalue weighted by molar-refractivity contribution is 5.66. The minimum Gasteiger partial charge on any atom is -0.489 e. The Labute approximate surface area is 212 Å². The summed E-state index contributed by atoms with van der Waals surface area (Å²) < 4.78 is 14.4. The first-order valence-electron chi connectivity index (χ1n) is 12.1. The Balaban J connectivity index is 1.39. The minimum atomic E-state index is -0.0110. The van der Waals surface area contributed by atoms with Crippen molar-refractivity contribution in [3.05, 3.63) is 144 Å². The van der Waals surface area contributed by atoms with Gasteiger partial charge in [-0.2, -0.15) is 0 Å². The van der Waals surface area contributed by atoms with E-state index in [4.69, 9.17) is 9.47 Å². The Morgan fingerprint density at radius 2 is 1.11 bits per heavy atom. The zero-order chi connectivity index (χ0) is 24.6. The van der Waals surface area contributed by atoms with Crippen molar-refractivity contribution in [1.29, 1.82) is 0 Å². The van der Waals surface area contributed by atoms with Gasteiger partial charge in [0, 0.05) is 36.1 Å². The van der Waals surface area contributed by atoms with Crippen LogP contribution in [0.4, 0.5) is 0 Å². The number of rotatable bonds is 10. The van der Waals surface area contributed by atoms with Gasteiger partial charge in [-0.05, 0) is 34.4 Å². The van der Waals surface area contributed by atoms with Crippen LogP contribution in [0.1, 0.15) is 22.3 Å². The molecule has 0 spiro atoms. The molecule has 4 heteroatoms. The summed E-state index contributed by atoms with van der Waals surface area (Å²) in [6.45, 7) is 1.59. The lowest BCUT2D eigenvalue weighted by molar-refractivity contribution is 0.282. The number of aromatic nitrogens is 1. The molecule has 1 aromatic heterocycles. The predicted octanol–water partition coefficient (Wildman–Crippen LogP) is 6.85. The van der Waals surface area contributed by atoms with Crippen molar-refractivity contribution >= 4 is 0 Å². The first-order chi connectivity index (χ1) is 17.8. The standard InChI is InChI=1S/C32H29NO3/c34-22-29-20-33(21-32(29)28-14-8-3-9-15-28)19-27-16-30(35-23-25-10-4-1-5-11-25)18-31(17-27)36-24-26-12-6-2-7-13-26/h1-18,20-21,34H,19,22-24H2. The summed E-state index contributed by atoms with van der Waals surface area (Å²) in [6.07, 6.45) is 4.09. The molecule has 1 heterocycles. The molecule has 0 saturated carbocycles. The molecule has 0 unspecified atom stereocenters. The lowest BCUT2D eigenvalue weighted by Crippen LogP contribution is -2.02. The molecule has 0 amide bonds. The first kappa shape index (κ1) is 23.5. The van der Waals surface area contributed by atoms with Crippen molar-refractivity contribution in [1.82, 2.24) is 4.57 Å². The van der Waals surface area contributed by atoms with Gasteiger partial charge in [-0.25, -0.2) is 0 Å². The lowest BCUT2D eigenvalue weighted by Gasteiger charge is -2.13. The Morgan fingerprint density at radius 1 is 0.583 bits per heavy atom. The molecule has 0 radical (unpaired) electrons. The molecular weight excluding hydrogens is 446 g/mol. The molecule has 5 rings (SSSR count). The molecule has 4 aromatic carbocycles. The van der Waals surface area contributed by atoms with Gasteiger partial charge in [-0.3, -0.25) is 0 Å². The van der Waals surface area contributed by atoms with Crippen LogP contribution in [-0.2, 0) is 26.4 Å². The topological polar surface area (TPSA) is 43.6 Å². The molecule has 0 bridgehead atoms. The number of hydrogen-bond donors (Lipinski definition) is 1. The van der Waals surface area contributed by atoms with E-state index in [2.05, 4.69) is 59.3 Å². The van der Waals surface area contributed by atoms with E-state index in [0.717, 1.165) is 44.9 Å². The first-order valence-corrected chi connectivity index (χ1v) is 12.1. The third-order valence-corrected chi connectivity index (χ3v) is 6.02. The van der Waals surface area contributed by atoms with Crippen LogP contribution >= 0.6 is 0 Å². The molecule has 5 aromatic rings. The van der Waals surface area contributed by atoms with Gasteiger partial charge in [0.15, 0.2) is 0 Å². The Kier molecular flexibility index (Phi) is 7.45. The van der Waals surface area contributed by atoms with E-state index in [1.807, 2.05) is 66.9 Å². The SMILES string of the molecule is OCc1cn(Cc2cc(OCc3ccccc3)cc(OCc3ccccc3)c2)cc1-c1ccccc1. The molecule has 180 valence electrons. The van der Waals surface area contributed by atoms with E-state index in [0.29, 0.717) is 19.8 Å². The molecule has 1 N–H and O–H groups in total. The van der Waals surface area contributed by atoms with E-state index in [-0.39, 0.29) is 6.61 Å². The third kappa shape index (κ3) is 6.04. The molecule has 0 aliphatic carbocycles. The second kappa shape index (κ2) is 11.4. The fraction of sp³-hybridized carbons (Fsp3) is 0.125. The van der Waals surface area contributed by atoms with Crippen molar-refractivity contribution in [2.75, 3.05) is 0 Å². The zero-order valence-corrected chi connectivity index (χ0v) is 20.1. The number of benzene rings is 4. The lowest BCUT2D eigenvalue weighted by atomic mass is 10.1. The molecular formula is C32H29NO3. The highest BCUT2D eigenvalue weighted by Crippen LogP contribution is 2.28. The smallest absolute Gasteiger partial charge is 0.123 e. The Bertz CT molecular complexity index is 1320. The number of hydrogen-bond acceptors (Lipinski definition) is 3. The third-order valence-electron chi connectivity index (χ3n) is 6.02. The highest BCUT2D eigenvalue weighted by atomic mass is 16.5. The van der Waals surface area contributed by atoms with E-state index in [1.54, 1.807) is 0 Å². The van der Waals surface area contributed by atoms with Crippen LogP contribution in [0, 0.1) is 0 Å². The predicted molar refractivity (Wildman–Crippen MR) is 143 cm³/mol. The van der Waals surface area contributed by atoms with Crippen LogP contribution < -0.4 is 9.47 Å². The van der Waals surface area contributed by atoms with Gasteiger partial charge >= 0.3 is 0 Å². The normalized spacial score (nSPS) is 10.8. The van der Waals surface area contributed by atoms with Gasteiger partial charge in [0.05, 0.1) is 6.61 Å². The number of aliphatic hydroxyl groups excluding tert-OH is 1. The van der Waals surface area contributed by atoms with Crippen molar-refractivity contribution < 1.29 is 14.6 Å². The highest BCUT2D eigenvalue weighted by Gasteiger charge is 2.11. The number of ether oxygens (including phenoxy) is 2. The fourth-order valence-corrected chi connectivity index (χ4v) is 4.23. The summed E-state index contributed by atoms with van der Waals surface area (Å²) in [6, 6.07) is 36.5. The quantitative estimate of drug-likeness (QED) is 0.240. The number of nitrogens with zero attached hydrogens (tertiary/aromatic N) is 1. The maximum atomic E-state index is 9.95. The van der Waals surface area contributed by atoms with Gasteiger partial charge in [0.2, 0.25) is 0 Å². The summed E-state index contributed by atoms with van der Waals surface area (Å²) >= 11 is 0. The summed E-state index contributed by atoms with van der Waals surface area (Å²) in [5.41, 5.74) is 6.31. The average Bonchev–Trinajstić information content (AvgIpc) is 3.35. The summed E-state index contributed by atoms with van der Waals surface area (Å²) in [7, 11) is 0. The molecule has 36 heavy (non-hydrogen) atoms. The largest absolute Gasteiger partial charge is 0.489 e. The average molecular weight is 476 g/mol. The van der Waals surface area contributed by atoms with Gasteiger partial charge in [-0.15, -0.1) is 0 Å². The number of aliphatic hydroxyl groups is 1. The monoisotopic (exact) mass is 475 g/mol. The van der Waals surface area contributed by atoms with Crippen molar-refractivity contribution in [3.63, 3.8) is 0 Å². The van der Waals surface area contributed by atoms with Crippen LogP contribution in [0.15, 0.2) is 122 Å². The van der Waals surface area contributed by atoms with Crippen LogP contribution in [-0.4, -0.2) is 9.67 Å². The minimum absolute atomic E-state index is 0.0110. The van der Waals surface area contributed by atoms with E-state index in [1.165, 1.54) is 0 Å². The fourth-order valence-electron chi connectivity index (χ4n) is 4.23. The second-order valence-corrected chi connectivity index (χ2v) is 8.75. The van der Waals surface area contributed by atoms with Crippen molar-refractivity contribution in [2.24, 2.45) is 0 Å². The summed E-state index contributed by atoms with van der Waals surface area (Å²) in [4.78, 5) is 0. The van der Waals surface area contributed by atoms with Gasteiger partial charge in [0.1, 0.15) is 24.7 Å². The molecule has 0 saturated heterocycles. The molecule has 0 aliphatic heterocycles. The van der Waals surface area contributed by atoms with Crippen LogP contribution in [0.5, 0.6) is 11.5 Å². The van der Waals surface area contributed by atoms with E-state index < -0.39 is 0 Å². The van der Waals surface area contributed by atoms with Crippen molar-refractivity contribution in [3.8, 4) is 22.6 Å². The Hall–Kier alpha value is -4.28. The summed E-state index contributed by atoms with van der Waals surface area (Å²) in [5, 5.41) is 9.95. The van der Waals surface area contributed by atoms with Crippen LogP contribution in [0.2, 0.25) is 0 Å². The Morgan fingerprint density at radius 3 is 1.64 bits per heavy atom. The van der Waals surface area contributed by atoms with Gasteiger partial charge in [-0.1, -0.05) is 91.0 Å². The molecule has 0 atom stereocenters. The van der Waals surface area contributed by atoms with Gasteiger partial charge in [0.25, 0.3) is 0 Å². The zero-order valence-electron chi connectivity index (χ0n) is 20.1. The van der Waals surface area contributed by atoms with E-state index in [9.17, 15) is 5.11 Å².